The number of piperidine rings is 1. The van der Waals surface area contributed by atoms with E-state index in [1.807, 2.05) is 25.1 Å². The minimum absolute atomic E-state index is 0.0472. The van der Waals surface area contributed by atoms with Crippen molar-refractivity contribution in [2.75, 3.05) is 13.1 Å². The summed E-state index contributed by atoms with van der Waals surface area (Å²) in [6.45, 7) is 3.01. The average molecular weight is 327 g/mol. The van der Waals surface area contributed by atoms with Crippen LogP contribution in [0.1, 0.15) is 19.8 Å². The lowest BCUT2D eigenvalue weighted by molar-refractivity contribution is -0.134. The molecule has 6 heteroatoms. The van der Waals surface area contributed by atoms with Gasteiger partial charge < -0.3 is 10.6 Å². The molecule has 0 aromatic heterocycles. The molecular weight excluding hydrogens is 308 g/mol. The molecule has 4 nitrogen and oxygen atoms in total. The van der Waals surface area contributed by atoms with Gasteiger partial charge in [-0.05, 0) is 38.0 Å². The molecule has 114 valence electrons. The summed E-state index contributed by atoms with van der Waals surface area (Å²) >= 11 is 7.43. The highest BCUT2D eigenvalue weighted by Crippen LogP contribution is 2.28. The Morgan fingerprint density at radius 3 is 2.90 bits per heavy atom. The van der Waals surface area contributed by atoms with Crippen LogP contribution in [-0.2, 0) is 9.59 Å². The van der Waals surface area contributed by atoms with Gasteiger partial charge >= 0.3 is 0 Å². The van der Waals surface area contributed by atoms with E-state index in [0.29, 0.717) is 18.1 Å². The maximum Gasteiger partial charge on any atom is 0.235 e. The molecule has 2 unspecified atom stereocenters. The van der Waals surface area contributed by atoms with Crippen LogP contribution in [0.3, 0.4) is 0 Å². The van der Waals surface area contributed by atoms with E-state index in [2.05, 4.69) is 0 Å². The molecule has 2 atom stereocenters. The van der Waals surface area contributed by atoms with E-state index in [1.54, 1.807) is 11.0 Å². The Bertz CT molecular complexity index is 538. The molecule has 0 radical (unpaired) electrons. The van der Waals surface area contributed by atoms with Crippen LogP contribution in [0.2, 0.25) is 5.02 Å². The Hall–Kier alpha value is -1.20. The highest BCUT2D eigenvalue weighted by molar-refractivity contribution is 8.00. The predicted molar refractivity (Wildman–Crippen MR) is 85.3 cm³/mol. The molecule has 2 N–H and O–H groups in total. The fraction of sp³-hybridized carbons (Fsp3) is 0.467. The predicted octanol–water partition coefficient (Wildman–Crippen LogP) is 2.54. The summed E-state index contributed by atoms with van der Waals surface area (Å²) < 4.78 is 0. The number of carbonyl (C=O) groups excluding carboxylic acids is 2. The molecule has 1 saturated heterocycles. The van der Waals surface area contributed by atoms with E-state index in [1.165, 1.54) is 11.8 Å². The second kappa shape index (κ2) is 7.18. The van der Waals surface area contributed by atoms with Crippen LogP contribution in [0, 0.1) is 5.92 Å². The van der Waals surface area contributed by atoms with Crippen LogP contribution < -0.4 is 5.73 Å². The zero-order valence-corrected chi connectivity index (χ0v) is 13.5. The molecular formula is C15H19ClN2O2S. The average Bonchev–Trinajstić information content (AvgIpc) is 2.46. The number of amides is 2. The van der Waals surface area contributed by atoms with Gasteiger partial charge in [-0.3, -0.25) is 9.59 Å². The number of nitrogens with zero attached hydrogens (tertiary/aromatic N) is 1. The van der Waals surface area contributed by atoms with Crippen LogP contribution in [-0.4, -0.2) is 35.1 Å². The summed E-state index contributed by atoms with van der Waals surface area (Å²) in [5, 5.41) is 0.446. The number of benzene rings is 1. The van der Waals surface area contributed by atoms with Crippen molar-refractivity contribution in [1.29, 1.82) is 0 Å². The van der Waals surface area contributed by atoms with Crippen molar-refractivity contribution in [3.63, 3.8) is 0 Å². The Kier molecular flexibility index (Phi) is 5.53. The first-order chi connectivity index (χ1) is 9.97. The summed E-state index contributed by atoms with van der Waals surface area (Å²) in [6, 6.07) is 7.45. The minimum Gasteiger partial charge on any atom is -0.369 e. The van der Waals surface area contributed by atoms with Crippen molar-refractivity contribution in [3.05, 3.63) is 29.3 Å². The van der Waals surface area contributed by atoms with Gasteiger partial charge in [0.05, 0.1) is 11.2 Å². The highest BCUT2D eigenvalue weighted by Gasteiger charge is 2.29. The molecule has 2 rings (SSSR count). The van der Waals surface area contributed by atoms with Gasteiger partial charge in [-0.2, -0.15) is 0 Å². The van der Waals surface area contributed by atoms with E-state index in [4.69, 9.17) is 17.3 Å². The first kappa shape index (κ1) is 16.2. The monoisotopic (exact) mass is 326 g/mol. The standard InChI is InChI=1S/C15H19ClN2O2S/c1-10(21-13-6-2-5-12(16)8-13)15(20)18-7-3-4-11(9-18)14(17)19/h2,5-6,8,10-11H,3-4,7,9H2,1H3,(H2,17,19). The van der Waals surface area contributed by atoms with Gasteiger partial charge in [-0.25, -0.2) is 0 Å². The lowest BCUT2D eigenvalue weighted by atomic mass is 9.97. The molecule has 1 aliphatic rings. The Balaban J connectivity index is 1.97. The maximum atomic E-state index is 12.5. The smallest absolute Gasteiger partial charge is 0.235 e. The number of rotatable bonds is 4. The molecule has 0 spiro atoms. The van der Waals surface area contributed by atoms with Gasteiger partial charge in [0.25, 0.3) is 0 Å². The number of primary amides is 1. The number of halogens is 1. The van der Waals surface area contributed by atoms with Crippen LogP contribution in [0.25, 0.3) is 0 Å². The van der Waals surface area contributed by atoms with E-state index >= 15 is 0 Å². The van der Waals surface area contributed by atoms with Crippen LogP contribution in [0.15, 0.2) is 29.2 Å². The van der Waals surface area contributed by atoms with Crippen LogP contribution in [0.4, 0.5) is 0 Å². The van der Waals surface area contributed by atoms with E-state index in [9.17, 15) is 9.59 Å². The third-order valence-electron chi connectivity index (χ3n) is 3.59. The maximum absolute atomic E-state index is 12.5. The fourth-order valence-electron chi connectivity index (χ4n) is 2.46. The van der Waals surface area contributed by atoms with Gasteiger partial charge in [-0.1, -0.05) is 17.7 Å². The molecule has 1 aromatic rings. The number of nitrogens with two attached hydrogens (primary N) is 1. The second-order valence-corrected chi connectivity index (χ2v) is 7.09. The lowest BCUT2D eigenvalue weighted by Gasteiger charge is -2.32. The number of hydrogen-bond acceptors (Lipinski definition) is 3. The van der Waals surface area contributed by atoms with Crippen molar-refractivity contribution in [1.82, 2.24) is 4.90 Å². The number of hydrogen-bond donors (Lipinski definition) is 1. The first-order valence-electron chi connectivity index (χ1n) is 6.97. The third-order valence-corrected chi connectivity index (χ3v) is 4.91. The second-order valence-electron chi connectivity index (χ2n) is 5.24. The summed E-state index contributed by atoms with van der Waals surface area (Å²) in [7, 11) is 0. The van der Waals surface area contributed by atoms with Gasteiger partial charge in [0, 0.05) is 23.0 Å². The molecule has 2 amide bonds. The quantitative estimate of drug-likeness (QED) is 0.865. The topological polar surface area (TPSA) is 63.4 Å². The zero-order chi connectivity index (χ0) is 15.4. The minimum atomic E-state index is -0.317. The molecule has 1 fully saturated rings. The third kappa shape index (κ3) is 4.38. The van der Waals surface area contributed by atoms with Crippen molar-refractivity contribution in [2.24, 2.45) is 11.7 Å². The van der Waals surface area contributed by atoms with Gasteiger partial charge in [0.15, 0.2) is 0 Å². The Morgan fingerprint density at radius 1 is 1.48 bits per heavy atom. The fourth-order valence-corrected chi connectivity index (χ4v) is 3.73. The van der Waals surface area contributed by atoms with Crippen molar-refractivity contribution in [3.8, 4) is 0 Å². The van der Waals surface area contributed by atoms with Crippen molar-refractivity contribution in [2.45, 2.75) is 29.9 Å². The number of thioether (sulfide) groups is 1. The van der Waals surface area contributed by atoms with Crippen molar-refractivity contribution >= 4 is 35.2 Å². The first-order valence-corrected chi connectivity index (χ1v) is 8.23. The van der Waals surface area contributed by atoms with E-state index < -0.39 is 0 Å². The largest absolute Gasteiger partial charge is 0.369 e. The van der Waals surface area contributed by atoms with E-state index in [0.717, 1.165) is 17.7 Å². The van der Waals surface area contributed by atoms with Gasteiger partial charge in [0.1, 0.15) is 0 Å². The van der Waals surface area contributed by atoms with Crippen LogP contribution >= 0.6 is 23.4 Å². The molecule has 1 aliphatic heterocycles. The van der Waals surface area contributed by atoms with Gasteiger partial charge in [0.2, 0.25) is 11.8 Å². The molecule has 21 heavy (non-hydrogen) atoms. The van der Waals surface area contributed by atoms with Crippen molar-refractivity contribution < 1.29 is 9.59 Å². The Labute approximate surface area is 134 Å². The normalized spacial score (nSPS) is 20.1. The SMILES string of the molecule is CC(Sc1cccc(Cl)c1)C(=O)N1CCCC(C(N)=O)C1. The lowest BCUT2D eigenvalue weighted by Crippen LogP contribution is -2.46. The van der Waals surface area contributed by atoms with E-state index in [-0.39, 0.29) is 23.0 Å². The highest BCUT2D eigenvalue weighted by atomic mass is 35.5. The van der Waals surface area contributed by atoms with Crippen LogP contribution in [0.5, 0.6) is 0 Å². The molecule has 1 aromatic carbocycles. The summed E-state index contributed by atoms with van der Waals surface area (Å²) in [6.07, 6.45) is 1.60. The number of likely N-dealkylation sites (tertiary alicyclic amines) is 1. The molecule has 0 aliphatic carbocycles. The summed E-state index contributed by atoms with van der Waals surface area (Å²) in [4.78, 5) is 26.5. The molecule has 1 heterocycles. The zero-order valence-electron chi connectivity index (χ0n) is 11.9. The Morgan fingerprint density at radius 2 is 2.24 bits per heavy atom. The van der Waals surface area contributed by atoms with Gasteiger partial charge in [-0.15, -0.1) is 11.8 Å². The molecule has 0 bridgehead atoms. The summed E-state index contributed by atoms with van der Waals surface area (Å²) in [5.74, 6) is -0.486. The number of carbonyl (C=O) groups is 2. The molecule has 0 saturated carbocycles. The summed E-state index contributed by atoms with van der Waals surface area (Å²) in [5.41, 5.74) is 5.35.